The van der Waals surface area contributed by atoms with Gasteiger partial charge in [0, 0.05) is 44.2 Å². The highest BCUT2D eigenvalue weighted by Gasteiger charge is 2.21. The third-order valence-electron chi connectivity index (χ3n) is 11.6. The number of hydrogen-bond donors (Lipinski definition) is 5. The molecule has 412 valence electrons. The lowest BCUT2D eigenvalue weighted by Crippen LogP contribution is -2.24. The van der Waals surface area contributed by atoms with E-state index < -0.39 is 12.2 Å². The zero-order chi connectivity index (χ0) is 56.0. The van der Waals surface area contributed by atoms with E-state index in [1.54, 1.807) is 48.5 Å². The van der Waals surface area contributed by atoms with E-state index in [1.165, 1.54) is 45.2 Å². The van der Waals surface area contributed by atoms with Crippen LogP contribution in [0, 0.1) is 0 Å². The number of rotatable bonds is 26. The minimum atomic E-state index is -0.399. The third kappa shape index (κ3) is 17.2. The zero-order valence-electron chi connectivity index (χ0n) is 44.5. The Bertz CT molecular complexity index is 2900. The first-order chi connectivity index (χ1) is 37.7. The quantitative estimate of drug-likeness (QED) is 0.0249. The van der Waals surface area contributed by atoms with Gasteiger partial charge in [0.15, 0.2) is 29.1 Å². The second-order valence-electron chi connectivity index (χ2n) is 17.6. The molecule has 0 bridgehead atoms. The first kappa shape index (κ1) is 58.6. The lowest BCUT2D eigenvalue weighted by atomic mass is 10.1. The number of unbranched alkanes of at least 4 members (excludes halogenated alkanes) is 2. The molecule has 0 saturated heterocycles. The molecule has 0 radical (unpaired) electrons. The molecular formula is C58H66N6O14. The smallest absolute Gasteiger partial charge is 0.320 e. The molecule has 0 fully saturated rings. The lowest BCUT2D eigenvalue weighted by Gasteiger charge is -2.18. The van der Waals surface area contributed by atoms with E-state index >= 15 is 0 Å². The van der Waals surface area contributed by atoms with Crippen molar-refractivity contribution in [3.05, 3.63) is 109 Å². The summed E-state index contributed by atoms with van der Waals surface area (Å²) in [6, 6.07) is 28.3. The fraction of sp³-hybridized carbons (Fsp3) is 0.345. The summed E-state index contributed by atoms with van der Waals surface area (Å²) in [6.07, 6.45) is 4.23. The second-order valence-corrected chi connectivity index (χ2v) is 17.6. The van der Waals surface area contributed by atoms with E-state index in [0.717, 1.165) is 25.7 Å². The van der Waals surface area contributed by atoms with Crippen molar-refractivity contribution in [2.75, 3.05) is 40.1 Å². The molecule has 7 aromatic rings. The fourth-order valence-electron chi connectivity index (χ4n) is 7.67. The molecule has 2 aromatic heterocycles. The molecule has 5 aromatic carbocycles. The van der Waals surface area contributed by atoms with Crippen molar-refractivity contribution in [3.8, 4) is 103 Å². The Morgan fingerprint density at radius 2 is 0.949 bits per heavy atom. The standard InChI is InChI=1S/C37H43N3O8.C21H23N3O6/c1-5-7-14-29(47-24(3)41)22-45-27-16-18-31(33(43)20-27)36-38-35(26-12-10-9-11-13-26)39-37(40-36)32-19-17-28(21-34(32)44)46-23-30(15-8-6-2)48-25(4)42;1-3-29-8-9-30-21-23-19(15-6-4-13(12-25)10-17(15)26)22-20(24-21)16-7-5-14(28-2)11-18(16)27/h9-13,16-21,29-30,43-44H,5-8,14-15,22-23H2,1-4H3;4-7,10-11,25-27H,3,8-9,12H2,1-2H3. The number of ether oxygens (including phenoxy) is 7. The van der Waals surface area contributed by atoms with Crippen molar-refractivity contribution in [2.24, 2.45) is 0 Å². The second kappa shape index (κ2) is 29.6. The van der Waals surface area contributed by atoms with E-state index in [1.807, 2.05) is 37.3 Å². The van der Waals surface area contributed by atoms with Gasteiger partial charge in [0.1, 0.15) is 72.3 Å². The van der Waals surface area contributed by atoms with Crippen LogP contribution in [0.15, 0.2) is 103 Å². The van der Waals surface area contributed by atoms with Gasteiger partial charge >= 0.3 is 17.9 Å². The fourth-order valence-corrected chi connectivity index (χ4v) is 7.67. The van der Waals surface area contributed by atoms with Crippen LogP contribution in [0.4, 0.5) is 0 Å². The molecule has 0 aliphatic heterocycles. The van der Waals surface area contributed by atoms with Crippen LogP contribution in [0.25, 0.3) is 56.9 Å². The van der Waals surface area contributed by atoms with Gasteiger partial charge in [0.2, 0.25) is 0 Å². The van der Waals surface area contributed by atoms with Gasteiger partial charge in [-0.2, -0.15) is 9.97 Å². The van der Waals surface area contributed by atoms with Gasteiger partial charge in [-0.3, -0.25) is 9.59 Å². The maximum Gasteiger partial charge on any atom is 0.320 e. The number of aromatic nitrogens is 6. The van der Waals surface area contributed by atoms with Gasteiger partial charge in [-0.25, -0.2) is 19.9 Å². The Hall–Kier alpha value is -8.62. The van der Waals surface area contributed by atoms with Crippen LogP contribution in [0.5, 0.6) is 46.3 Å². The van der Waals surface area contributed by atoms with Crippen molar-refractivity contribution in [3.63, 3.8) is 0 Å². The van der Waals surface area contributed by atoms with Crippen LogP contribution in [0.2, 0.25) is 0 Å². The summed E-state index contributed by atoms with van der Waals surface area (Å²) in [7, 11) is 1.50. The van der Waals surface area contributed by atoms with Crippen molar-refractivity contribution >= 4 is 11.9 Å². The minimum Gasteiger partial charge on any atom is -0.507 e. The maximum absolute atomic E-state index is 11.5. The lowest BCUT2D eigenvalue weighted by molar-refractivity contribution is -0.149. The Kier molecular flexibility index (Phi) is 22.3. The highest BCUT2D eigenvalue weighted by Crippen LogP contribution is 2.37. The number of aromatic hydroxyl groups is 4. The van der Waals surface area contributed by atoms with Crippen molar-refractivity contribution in [2.45, 2.75) is 92.0 Å². The number of esters is 2. The molecule has 0 spiro atoms. The Balaban J connectivity index is 0.000000281. The molecule has 20 nitrogen and oxygen atoms in total. The molecule has 0 aliphatic carbocycles. The topological polar surface area (TPSA) is 277 Å². The number of phenols is 4. The summed E-state index contributed by atoms with van der Waals surface area (Å²) >= 11 is 0. The Morgan fingerprint density at radius 3 is 1.37 bits per heavy atom. The average molecular weight is 1070 g/mol. The van der Waals surface area contributed by atoms with Crippen LogP contribution in [-0.2, 0) is 30.4 Å². The SMILES string of the molecule is CCCCC(COc1ccc(-c2nc(-c3ccccc3)nc(-c3ccc(OCC(CCCC)OC(C)=O)cc3O)n2)c(O)c1)OC(C)=O.CCOCCOc1nc(-c2ccc(CO)cc2O)nc(-c2ccc(OC)cc2O)n1. The van der Waals surface area contributed by atoms with E-state index in [0.29, 0.717) is 82.5 Å². The number of aliphatic hydroxyl groups is 1. The Morgan fingerprint density at radius 1 is 0.513 bits per heavy atom. The largest absolute Gasteiger partial charge is 0.507 e. The van der Waals surface area contributed by atoms with Crippen LogP contribution < -0.4 is 18.9 Å². The summed E-state index contributed by atoms with van der Waals surface area (Å²) in [5.74, 6) is 1.12. The van der Waals surface area contributed by atoms with E-state index in [9.17, 15) is 35.1 Å². The first-order valence-corrected chi connectivity index (χ1v) is 25.6. The number of aliphatic hydroxyl groups excluding tert-OH is 1. The van der Waals surface area contributed by atoms with Crippen molar-refractivity contribution in [1.82, 2.24) is 29.9 Å². The molecule has 0 amide bonds. The van der Waals surface area contributed by atoms with Crippen LogP contribution in [0.1, 0.15) is 78.7 Å². The number of phenolic OH excluding ortho intramolecular Hbond substituents is 4. The van der Waals surface area contributed by atoms with Gasteiger partial charge in [-0.1, -0.05) is 63.1 Å². The zero-order valence-corrected chi connectivity index (χ0v) is 44.5. The molecular weight excluding hydrogens is 1000 g/mol. The van der Waals surface area contributed by atoms with Gasteiger partial charge in [-0.15, -0.1) is 0 Å². The number of nitrogens with zero attached hydrogens (tertiary/aromatic N) is 6. The van der Waals surface area contributed by atoms with Crippen LogP contribution >= 0.6 is 0 Å². The van der Waals surface area contributed by atoms with Gasteiger partial charge in [-0.05, 0) is 86.7 Å². The van der Waals surface area contributed by atoms with Crippen molar-refractivity contribution in [1.29, 1.82) is 0 Å². The van der Waals surface area contributed by atoms with Crippen LogP contribution in [0.3, 0.4) is 0 Å². The molecule has 5 N–H and O–H groups in total. The number of carbonyl (C=O) groups is 2. The molecule has 2 heterocycles. The molecule has 2 atom stereocenters. The summed E-state index contributed by atoms with van der Waals surface area (Å²) in [4.78, 5) is 49.9. The minimum absolute atomic E-state index is 0.0237. The first-order valence-electron chi connectivity index (χ1n) is 25.6. The molecule has 0 saturated carbocycles. The number of benzene rings is 5. The maximum atomic E-state index is 11.5. The highest BCUT2D eigenvalue weighted by molar-refractivity contribution is 5.74. The van der Waals surface area contributed by atoms with Crippen LogP contribution in [-0.4, -0.2) is 120 Å². The van der Waals surface area contributed by atoms with E-state index in [4.69, 9.17) is 33.2 Å². The third-order valence-corrected chi connectivity index (χ3v) is 11.6. The van der Waals surface area contributed by atoms with Gasteiger partial charge in [0.25, 0.3) is 0 Å². The predicted octanol–water partition coefficient (Wildman–Crippen LogP) is 9.82. The summed E-state index contributed by atoms with van der Waals surface area (Å²) in [5, 5.41) is 52.1. The average Bonchev–Trinajstić information content (AvgIpc) is 3.48. The highest BCUT2D eigenvalue weighted by atomic mass is 16.6. The Labute approximate surface area is 452 Å². The molecule has 0 aliphatic rings. The molecule has 7 rings (SSSR count). The monoisotopic (exact) mass is 1070 g/mol. The summed E-state index contributed by atoms with van der Waals surface area (Å²) < 4.78 is 38.4. The van der Waals surface area contributed by atoms with Gasteiger partial charge in [0.05, 0.1) is 42.6 Å². The normalized spacial score (nSPS) is 11.6. The number of carbonyl (C=O) groups excluding carboxylic acids is 2. The number of hydrogen-bond acceptors (Lipinski definition) is 20. The molecule has 20 heteroatoms. The predicted molar refractivity (Wildman–Crippen MR) is 289 cm³/mol. The van der Waals surface area contributed by atoms with E-state index in [2.05, 4.69) is 43.8 Å². The molecule has 2 unspecified atom stereocenters. The van der Waals surface area contributed by atoms with E-state index in [-0.39, 0.29) is 90.7 Å². The van der Waals surface area contributed by atoms with Gasteiger partial charge < -0.3 is 58.7 Å². The summed E-state index contributed by atoms with van der Waals surface area (Å²) in [5.41, 5.74) is 2.60. The van der Waals surface area contributed by atoms with Crippen molar-refractivity contribution < 1.29 is 68.3 Å². The summed E-state index contributed by atoms with van der Waals surface area (Å²) in [6.45, 7) is 9.96. The number of methoxy groups -OCH3 is 1. The molecule has 78 heavy (non-hydrogen) atoms.